The van der Waals surface area contributed by atoms with E-state index >= 15 is 0 Å². The van der Waals surface area contributed by atoms with Gasteiger partial charge in [0.25, 0.3) is 11.7 Å². The molecule has 2 heterocycles. The second kappa shape index (κ2) is 8.94. The Morgan fingerprint density at radius 3 is 2.47 bits per heavy atom. The van der Waals surface area contributed by atoms with Gasteiger partial charge in [0, 0.05) is 21.8 Å². The van der Waals surface area contributed by atoms with E-state index in [1.165, 1.54) is 18.4 Å². The van der Waals surface area contributed by atoms with Crippen LogP contribution >= 0.6 is 34.5 Å². The molecule has 0 fully saturated rings. The highest BCUT2D eigenvalue weighted by Crippen LogP contribution is 2.34. The SMILES string of the molecule is COc1ccc2c(c1)c(C(=O)C(=O)Nc1nc(C)c(C)s1)c(Cl)n2Cc1ccc(Cl)cc1. The summed E-state index contributed by atoms with van der Waals surface area (Å²) >= 11 is 14.0. The van der Waals surface area contributed by atoms with E-state index in [0.717, 1.165) is 16.1 Å². The average Bonchev–Trinajstić information content (AvgIpc) is 3.23. The number of methoxy groups -OCH3 is 1. The minimum atomic E-state index is -0.797. The second-order valence-electron chi connectivity index (χ2n) is 7.21. The summed E-state index contributed by atoms with van der Waals surface area (Å²) in [6.07, 6.45) is 0. The summed E-state index contributed by atoms with van der Waals surface area (Å²) in [6.45, 7) is 4.15. The predicted molar refractivity (Wildman–Crippen MR) is 129 cm³/mol. The molecule has 164 valence electrons. The third kappa shape index (κ3) is 4.24. The molecule has 4 aromatic rings. The molecule has 0 saturated carbocycles. The summed E-state index contributed by atoms with van der Waals surface area (Å²) in [6, 6.07) is 12.7. The van der Waals surface area contributed by atoms with Crippen LogP contribution in [0.3, 0.4) is 0 Å². The fraction of sp³-hybridized carbons (Fsp3) is 0.174. The summed E-state index contributed by atoms with van der Waals surface area (Å²) in [5, 5.41) is 4.30. The number of ketones is 1. The maximum absolute atomic E-state index is 13.2. The van der Waals surface area contributed by atoms with Crippen molar-refractivity contribution < 1.29 is 14.3 Å². The predicted octanol–water partition coefficient (Wildman–Crippen LogP) is 5.90. The number of ether oxygens (including phenoxy) is 1. The van der Waals surface area contributed by atoms with Crippen molar-refractivity contribution in [2.75, 3.05) is 12.4 Å². The number of nitrogens with zero attached hydrogens (tertiary/aromatic N) is 2. The highest BCUT2D eigenvalue weighted by Gasteiger charge is 2.27. The standard InChI is InChI=1S/C23H19Cl2N3O3S/c1-12-13(2)32-23(26-12)27-22(30)20(29)19-17-10-16(31-3)8-9-18(17)28(21(19)25)11-14-4-6-15(24)7-5-14/h4-10H,11H2,1-3H3,(H,26,27,30). The van der Waals surface area contributed by atoms with Gasteiger partial charge in [0.15, 0.2) is 5.13 Å². The lowest BCUT2D eigenvalue weighted by Crippen LogP contribution is -2.23. The summed E-state index contributed by atoms with van der Waals surface area (Å²) < 4.78 is 7.11. The number of hydrogen-bond donors (Lipinski definition) is 1. The number of fused-ring (bicyclic) bond motifs is 1. The Labute approximate surface area is 198 Å². The maximum Gasteiger partial charge on any atom is 0.298 e. The molecule has 1 amide bonds. The minimum Gasteiger partial charge on any atom is -0.497 e. The third-order valence-electron chi connectivity index (χ3n) is 5.14. The fourth-order valence-electron chi connectivity index (χ4n) is 3.37. The molecule has 0 unspecified atom stereocenters. The van der Waals surface area contributed by atoms with Crippen LogP contribution in [-0.4, -0.2) is 28.4 Å². The zero-order valence-corrected chi connectivity index (χ0v) is 19.9. The molecule has 0 spiro atoms. The largest absolute Gasteiger partial charge is 0.497 e. The fourth-order valence-corrected chi connectivity index (χ4v) is 4.64. The summed E-state index contributed by atoms with van der Waals surface area (Å²) in [5.74, 6) is -0.985. The number of amides is 1. The van der Waals surface area contributed by atoms with E-state index in [2.05, 4.69) is 10.3 Å². The molecule has 9 heteroatoms. The van der Waals surface area contributed by atoms with Crippen LogP contribution in [0.5, 0.6) is 5.75 Å². The highest BCUT2D eigenvalue weighted by atomic mass is 35.5. The van der Waals surface area contributed by atoms with E-state index in [9.17, 15) is 9.59 Å². The number of Topliss-reactive ketones (excluding diaryl/α,β-unsaturated/α-hetero) is 1. The first-order valence-electron chi connectivity index (χ1n) is 9.68. The van der Waals surface area contributed by atoms with Crippen molar-refractivity contribution in [3.63, 3.8) is 0 Å². The number of hydrogen-bond acceptors (Lipinski definition) is 5. The maximum atomic E-state index is 13.2. The number of nitrogens with one attached hydrogen (secondary N) is 1. The van der Waals surface area contributed by atoms with Gasteiger partial charge < -0.3 is 9.30 Å². The normalized spacial score (nSPS) is 11.0. The Kier molecular flexibility index (Phi) is 6.24. The van der Waals surface area contributed by atoms with E-state index in [-0.39, 0.29) is 10.7 Å². The van der Waals surface area contributed by atoms with Crippen LogP contribution in [0.15, 0.2) is 42.5 Å². The zero-order valence-electron chi connectivity index (χ0n) is 17.5. The molecule has 2 aromatic heterocycles. The van der Waals surface area contributed by atoms with E-state index in [0.29, 0.717) is 33.4 Å². The Hall–Kier alpha value is -2.87. The minimum absolute atomic E-state index is 0.122. The Balaban J connectivity index is 1.76. The number of anilines is 1. The number of aromatic nitrogens is 2. The van der Waals surface area contributed by atoms with Crippen molar-refractivity contribution in [3.8, 4) is 5.75 Å². The summed E-state index contributed by atoms with van der Waals surface area (Å²) in [4.78, 5) is 31.2. The number of rotatable bonds is 6. The second-order valence-corrected chi connectivity index (χ2v) is 9.20. The van der Waals surface area contributed by atoms with Gasteiger partial charge in [-0.1, -0.05) is 35.3 Å². The molecule has 2 aromatic carbocycles. The first-order valence-corrected chi connectivity index (χ1v) is 11.3. The van der Waals surface area contributed by atoms with Crippen molar-refractivity contribution in [1.29, 1.82) is 0 Å². The van der Waals surface area contributed by atoms with Crippen molar-refractivity contribution in [2.45, 2.75) is 20.4 Å². The number of carbonyl (C=O) groups excluding carboxylic acids is 2. The van der Waals surface area contributed by atoms with Gasteiger partial charge in [-0.3, -0.25) is 14.9 Å². The lowest BCUT2D eigenvalue weighted by atomic mass is 10.1. The third-order valence-corrected chi connectivity index (χ3v) is 6.78. The molecule has 0 aliphatic carbocycles. The van der Waals surface area contributed by atoms with Crippen LogP contribution in [0, 0.1) is 13.8 Å². The van der Waals surface area contributed by atoms with Crippen molar-refractivity contribution in [2.24, 2.45) is 0 Å². The smallest absolute Gasteiger partial charge is 0.298 e. The van der Waals surface area contributed by atoms with Gasteiger partial charge >= 0.3 is 0 Å². The quantitative estimate of drug-likeness (QED) is 0.271. The lowest BCUT2D eigenvalue weighted by Gasteiger charge is -2.08. The van der Waals surface area contributed by atoms with Crippen LogP contribution in [0.2, 0.25) is 10.2 Å². The number of halogens is 2. The Morgan fingerprint density at radius 1 is 1.12 bits per heavy atom. The molecular weight excluding hydrogens is 469 g/mol. The van der Waals surface area contributed by atoms with E-state index in [1.54, 1.807) is 28.8 Å². The Bertz CT molecular complexity index is 1320. The molecule has 0 aliphatic rings. The van der Waals surface area contributed by atoms with Crippen LogP contribution in [-0.2, 0) is 11.3 Å². The van der Waals surface area contributed by atoms with Crippen molar-refractivity contribution >= 4 is 62.3 Å². The zero-order chi connectivity index (χ0) is 23.0. The van der Waals surface area contributed by atoms with Gasteiger partial charge in [-0.05, 0) is 49.7 Å². The van der Waals surface area contributed by atoms with Gasteiger partial charge in [0.05, 0.1) is 23.9 Å². The number of thiazole rings is 1. The molecule has 6 nitrogen and oxygen atoms in total. The first-order chi connectivity index (χ1) is 15.3. The van der Waals surface area contributed by atoms with Gasteiger partial charge in [-0.2, -0.15) is 0 Å². The van der Waals surface area contributed by atoms with E-state index < -0.39 is 11.7 Å². The molecule has 1 N–H and O–H groups in total. The Morgan fingerprint density at radius 2 is 1.84 bits per heavy atom. The molecule has 32 heavy (non-hydrogen) atoms. The van der Waals surface area contributed by atoms with Gasteiger partial charge in [-0.15, -0.1) is 11.3 Å². The highest BCUT2D eigenvalue weighted by molar-refractivity contribution is 7.15. The molecule has 0 saturated heterocycles. The van der Waals surface area contributed by atoms with E-state index in [1.807, 2.05) is 32.0 Å². The van der Waals surface area contributed by atoms with E-state index in [4.69, 9.17) is 27.9 Å². The average molecular weight is 488 g/mol. The molecule has 0 radical (unpaired) electrons. The number of benzene rings is 2. The number of aryl methyl sites for hydroxylation is 2. The molecule has 0 bridgehead atoms. The topological polar surface area (TPSA) is 73.2 Å². The van der Waals surface area contributed by atoms with Crippen LogP contribution in [0.25, 0.3) is 10.9 Å². The molecule has 0 aliphatic heterocycles. The molecular formula is C23H19Cl2N3O3S. The van der Waals surface area contributed by atoms with Gasteiger partial charge in [0.2, 0.25) is 0 Å². The molecule has 4 rings (SSSR count). The van der Waals surface area contributed by atoms with Crippen LogP contribution in [0.1, 0.15) is 26.5 Å². The first kappa shape index (κ1) is 22.3. The van der Waals surface area contributed by atoms with Crippen molar-refractivity contribution in [1.82, 2.24) is 9.55 Å². The van der Waals surface area contributed by atoms with Crippen LogP contribution < -0.4 is 10.1 Å². The lowest BCUT2D eigenvalue weighted by molar-refractivity contribution is -0.112. The van der Waals surface area contributed by atoms with Crippen LogP contribution in [0.4, 0.5) is 5.13 Å². The monoisotopic (exact) mass is 487 g/mol. The van der Waals surface area contributed by atoms with Crippen molar-refractivity contribution in [3.05, 3.63) is 74.3 Å². The molecule has 0 atom stereocenters. The summed E-state index contributed by atoms with van der Waals surface area (Å²) in [7, 11) is 1.54. The number of carbonyl (C=O) groups is 2. The van der Waals surface area contributed by atoms with Gasteiger partial charge in [-0.25, -0.2) is 4.98 Å². The van der Waals surface area contributed by atoms with Gasteiger partial charge in [0.1, 0.15) is 10.9 Å². The summed E-state index contributed by atoms with van der Waals surface area (Å²) in [5.41, 5.74) is 2.58.